The van der Waals surface area contributed by atoms with Gasteiger partial charge in [-0.2, -0.15) is 13.2 Å². The van der Waals surface area contributed by atoms with E-state index in [-0.39, 0.29) is 34.6 Å². The van der Waals surface area contributed by atoms with Crippen molar-refractivity contribution in [1.82, 2.24) is 5.32 Å². The highest BCUT2D eigenvalue weighted by atomic mass is 35.5. The number of nitrogens with one attached hydrogen (secondary N) is 1. The molecule has 0 atom stereocenters. The molecule has 4 rings (SSSR count). The van der Waals surface area contributed by atoms with E-state index in [1.165, 1.54) is 6.92 Å². The van der Waals surface area contributed by atoms with Gasteiger partial charge in [-0.1, -0.05) is 41.9 Å². The SMILES string of the molecule is Cc1c(F)c(Cl)c(-c2ccccc2)c(C)c1C1=C(O)C2(CCC(O)(C(F)(F)F)CC2)NC1=O. The van der Waals surface area contributed by atoms with Crippen LogP contribution in [0.4, 0.5) is 17.6 Å². The van der Waals surface area contributed by atoms with Gasteiger partial charge in [0, 0.05) is 11.1 Å². The van der Waals surface area contributed by atoms with E-state index < -0.39 is 47.6 Å². The lowest BCUT2D eigenvalue weighted by atomic mass is 9.73. The van der Waals surface area contributed by atoms with Crippen LogP contribution >= 0.6 is 11.6 Å². The number of carbonyl (C=O) groups excluding carboxylic acids is 1. The van der Waals surface area contributed by atoms with Gasteiger partial charge in [0.25, 0.3) is 5.91 Å². The second-order valence-electron chi connectivity index (χ2n) is 8.78. The number of aliphatic hydroxyl groups is 2. The number of aliphatic hydroxyl groups excluding tert-OH is 1. The van der Waals surface area contributed by atoms with E-state index in [0.29, 0.717) is 16.7 Å². The van der Waals surface area contributed by atoms with E-state index in [2.05, 4.69) is 5.32 Å². The number of hydrogen-bond donors (Lipinski definition) is 3. The minimum absolute atomic E-state index is 0.0496. The summed E-state index contributed by atoms with van der Waals surface area (Å²) in [5.74, 6) is -1.90. The van der Waals surface area contributed by atoms with Crippen LogP contribution in [-0.2, 0) is 4.79 Å². The lowest BCUT2D eigenvalue weighted by molar-refractivity contribution is -0.272. The maximum Gasteiger partial charge on any atom is 0.417 e. The van der Waals surface area contributed by atoms with Crippen LogP contribution in [0.3, 0.4) is 0 Å². The maximum atomic E-state index is 15.2. The summed E-state index contributed by atoms with van der Waals surface area (Å²) in [6.45, 7) is 3.08. The Morgan fingerprint density at radius 2 is 1.58 bits per heavy atom. The summed E-state index contributed by atoms with van der Waals surface area (Å²) < 4.78 is 54.9. The first kappa shape index (κ1) is 23.6. The van der Waals surface area contributed by atoms with E-state index in [1.54, 1.807) is 37.3 Å². The molecule has 1 amide bonds. The Morgan fingerprint density at radius 3 is 2.12 bits per heavy atom. The average Bonchev–Trinajstić information content (AvgIpc) is 2.99. The molecule has 2 aliphatic rings. The molecule has 176 valence electrons. The predicted octanol–water partition coefficient (Wildman–Crippen LogP) is 5.77. The molecule has 0 bridgehead atoms. The molecule has 3 N–H and O–H groups in total. The standard InChI is InChI=1S/C24H22ClF4NO3/c1-12-15(13(2)19(26)18(25)16(12)14-6-4-3-5-7-14)17-20(31)22(30-21(17)32)8-10-23(33,11-9-22)24(27,28)29/h3-7,31,33H,8-11H2,1-2H3,(H,30,32). The Balaban J connectivity index is 1.85. The van der Waals surface area contributed by atoms with E-state index in [9.17, 15) is 28.2 Å². The molecule has 1 aliphatic heterocycles. The van der Waals surface area contributed by atoms with Crippen molar-refractivity contribution in [3.63, 3.8) is 0 Å². The second kappa shape index (κ2) is 7.74. The molecule has 1 saturated carbocycles. The lowest BCUT2D eigenvalue weighted by Gasteiger charge is -2.42. The second-order valence-corrected chi connectivity index (χ2v) is 9.16. The van der Waals surface area contributed by atoms with Gasteiger partial charge < -0.3 is 15.5 Å². The summed E-state index contributed by atoms with van der Waals surface area (Å²) in [6, 6.07) is 8.75. The van der Waals surface area contributed by atoms with Gasteiger partial charge in [0.15, 0.2) is 5.60 Å². The summed E-state index contributed by atoms with van der Waals surface area (Å²) in [5.41, 5.74) is -2.89. The van der Waals surface area contributed by atoms with Crippen LogP contribution in [0.1, 0.15) is 42.4 Å². The fourth-order valence-electron chi connectivity index (χ4n) is 4.93. The number of rotatable bonds is 2. The van der Waals surface area contributed by atoms with Gasteiger partial charge in [0.05, 0.1) is 16.1 Å². The molecule has 0 saturated heterocycles. The fourth-order valence-corrected chi connectivity index (χ4v) is 5.32. The minimum Gasteiger partial charge on any atom is -0.509 e. The van der Waals surface area contributed by atoms with Gasteiger partial charge in [0.2, 0.25) is 0 Å². The van der Waals surface area contributed by atoms with Crippen molar-refractivity contribution in [2.75, 3.05) is 0 Å². The van der Waals surface area contributed by atoms with Crippen LogP contribution in [0.15, 0.2) is 36.1 Å². The summed E-state index contributed by atoms with van der Waals surface area (Å²) in [5, 5.41) is 23.6. The van der Waals surface area contributed by atoms with Crippen molar-refractivity contribution in [2.45, 2.75) is 56.8 Å². The summed E-state index contributed by atoms with van der Waals surface area (Å²) in [4.78, 5) is 13.0. The first-order chi connectivity index (χ1) is 15.3. The topological polar surface area (TPSA) is 69.6 Å². The molecule has 4 nitrogen and oxygen atoms in total. The van der Waals surface area contributed by atoms with Crippen molar-refractivity contribution in [2.24, 2.45) is 0 Å². The van der Waals surface area contributed by atoms with Gasteiger partial charge >= 0.3 is 6.18 Å². The molecule has 0 unspecified atom stereocenters. The van der Waals surface area contributed by atoms with Crippen molar-refractivity contribution < 1.29 is 32.6 Å². The molecule has 1 fully saturated rings. The van der Waals surface area contributed by atoms with Crippen molar-refractivity contribution >= 4 is 23.1 Å². The summed E-state index contributed by atoms with van der Waals surface area (Å²) in [7, 11) is 0. The Bertz CT molecular complexity index is 1170. The summed E-state index contributed by atoms with van der Waals surface area (Å²) >= 11 is 6.32. The van der Waals surface area contributed by atoms with Crippen LogP contribution in [-0.4, -0.2) is 33.4 Å². The first-order valence-electron chi connectivity index (χ1n) is 10.4. The first-order valence-corrected chi connectivity index (χ1v) is 10.8. The molecule has 1 spiro atoms. The van der Waals surface area contributed by atoms with E-state index >= 15 is 4.39 Å². The number of benzene rings is 2. The van der Waals surface area contributed by atoms with Crippen LogP contribution in [0.25, 0.3) is 16.7 Å². The largest absolute Gasteiger partial charge is 0.509 e. The Morgan fingerprint density at radius 1 is 1.00 bits per heavy atom. The number of alkyl halides is 3. The van der Waals surface area contributed by atoms with Crippen LogP contribution in [0.2, 0.25) is 5.02 Å². The van der Waals surface area contributed by atoms with E-state index in [0.717, 1.165) is 0 Å². The molecular formula is C24H22ClF4NO3. The van der Waals surface area contributed by atoms with Gasteiger partial charge in [0.1, 0.15) is 11.6 Å². The van der Waals surface area contributed by atoms with Crippen molar-refractivity contribution in [3.8, 4) is 11.1 Å². The molecule has 9 heteroatoms. The zero-order chi connectivity index (χ0) is 24.3. The van der Waals surface area contributed by atoms with E-state index in [4.69, 9.17) is 11.6 Å². The molecule has 2 aromatic rings. The van der Waals surface area contributed by atoms with Crippen molar-refractivity contribution in [3.05, 3.63) is 63.6 Å². The Labute approximate surface area is 192 Å². The Hall–Kier alpha value is -2.58. The fraction of sp³-hybridized carbons (Fsp3) is 0.375. The predicted molar refractivity (Wildman–Crippen MR) is 116 cm³/mol. The highest BCUT2D eigenvalue weighted by Gasteiger charge is 2.60. The van der Waals surface area contributed by atoms with E-state index in [1.807, 2.05) is 0 Å². The smallest absolute Gasteiger partial charge is 0.417 e. The quantitative estimate of drug-likeness (QED) is 0.475. The lowest BCUT2D eigenvalue weighted by Crippen LogP contribution is -2.56. The van der Waals surface area contributed by atoms with Crippen LogP contribution in [0, 0.1) is 19.7 Å². The molecule has 2 aromatic carbocycles. The zero-order valence-electron chi connectivity index (χ0n) is 17.9. The minimum atomic E-state index is -4.82. The summed E-state index contributed by atoms with van der Waals surface area (Å²) in [6.07, 6.45) is -6.82. The maximum absolute atomic E-state index is 15.2. The molecule has 0 radical (unpaired) electrons. The third-order valence-electron chi connectivity index (χ3n) is 6.91. The molecule has 0 aromatic heterocycles. The molecule has 1 heterocycles. The van der Waals surface area contributed by atoms with Crippen molar-refractivity contribution in [1.29, 1.82) is 0 Å². The highest BCUT2D eigenvalue weighted by molar-refractivity contribution is 6.34. The van der Waals surface area contributed by atoms with Crippen LogP contribution < -0.4 is 5.32 Å². The third-order valence-corrected chi connectivity index (χ3v) is 7.26. The number of halogens is 5. The monoisotopic (exact) mass is 483 g/mol. The number of amides is 1. The van der Waals surface area contributed by atoms with Crippen LogP contribution in [0.5, 0.6) is 0 Å². The number of hydrogen-bond acceptors (Lipinski definition) is 3. The van der Waals surface area contributed by atoms with Gasteiger partial charge in [-0.05, 0) is 56.2 Å². The van der Waals surface area contributed by atoms with Gasteiger partial charge in [-0.25, -0.2) is 4.39 Å². The molecular weight excluding hydrogens is 462 g/mol. The van der Waals surface area contributed by atoms with Gasteiger partial charge in [-0.15, -0.1) is 0 Å². The number of carbonyl (C=O) groups is 1. The third kappa shape index (κ3) is 3.51. The normalized spacial score (nSPS) is 25.6. The molecule has 33 heavy (non-hydrogen) atoms. The Kier molecular flexibility index (Phi) is 5.53. The highest BCUT2D eigenvalue weighted by Crippen LogP contribution is 2.50. The molecule has 1 aliphatic carbocycles. The zero-order valence-corrected chi connectivity index (χ0v) is 18.7. The average molecular weight is 484 g/mol. The van der Waals surface area contributed by atoms with Gasteiger partial charge in [-0.3, -0.25) is 4.79 Å².